The first-order valence-corrected chi connectivity index (χ1v) is 8.01. The van der Waals surface area contributed by atoms with E-state index in [1.807, 2.05) is 11.8 Å². The van der Waals surface area contributed by atoms with Crippen molar-refractivity contribution in [2.75, 3.05) is 12.8 Å². The molecule has 0 aromatic heterocycles. The first-order chi connectivity index (χ1) is 8.65. The van der Waals surface area contributed by atoms with Crippen molar-refractivity contribution < 1.29 is 0 Å². The van der Waals surface area contributed by atoms with E-state index in [0.29, 0.717) is 6.04 Å². The second-order valence-electron chi connectivity index (χ2n) is 5.24. The van der Waals surface area contributed by atoms with E-state index in [1.54, 1.807) is 0 Å². The fourth-order valence-electron chi connectivity index (χ4n) is 2.20. The summed E-state index contributed by atoms with van der Waals surface area (Å²) in [5.41, 5.74) is 1.33. The minimum atomic E-state index is 0.623. The SMILES string of the molecule is CCCC(C)CC(CSc1ccc(C)cc1)NC. The molecule has 0 aliphatic rings. The summed E-state index contributed by atoms with van der Waals surface area (Å²) in [5.74, 6) is 1.99. The minimum absolute atomic E-state index is 0.623. The molecule has 1 nitrogen and oxygen atoms in total. The van der Waals surface area contributed by atoms with E-state index in [2.05, 4.69) is 57.4 Å². The van der Waals surface area contributed by atoms with Crippen LogP contribution in [0.2, 0.25) is 0 Å². The van der Waals surface area contributed by atoms with Crippen LogP contribution in [0.25, 0.3) is 0 Å². The standard InChI is InChI=1S/C16H27NS/c1-5-6-14(3)11-15(17-4)12-18-16-9-7-13(2)8-10-16/h7-10,14-15,17H,5-6,11-12H2,1-4H3. The molecule has 2 unspecified atom stereocenters. The summed E-state index contributed by atoms with van der Waals surface area (Å²) < 4.78 is 0. The number of hydrogen-bond acceptors (Lipinski definition) is 2. The molecule has 0 spiro atoms. The molecule has 2 heteroatoms. The molecule has 0 amide bonds. The highest BCUT2D eigenvalue weighted by Crippen LogP contribution is 2.22. The van der Waals surface area contributed by atoms with Crippen LogP contribution in [0.3, 0.4) is 0 Å². The van der Waals surface area contributed by atoms with Crippen LogP contribution >= 0.6 is 11.8 Å². The zero-order valence-corrected chi connectivity index (χ0v) is 13.0. The molecule has 0 saturated carbocycles. The molecule has 18 heavy (non-hydrogen) atoms. The Morgan fingerprint density at radius 3 is 2.44 bits per heavy atom. The van der Waals surface area contributed by atoms with Crippen LogP contribution in [0.15, 0.2) is 29.2 Å². The monoisotopic (exact) mass is 265 g/mol. The highest BCUT2D eigenvalue weighted by molar-refractivity contribution is 7.99. The Morgan fingerprint density at radius 2 is 1.89 bits per heavy atom. The summed E-state index contributed by atoms with van der Waals surface area (Å²) in [7, 11) is 2.08. The highest BCUT2D eigenvalue weighted by Gasteiger charge is 2.11. The van der Waals surface area contributed by atoms with Gasteiger partial charge in [0.1, 0.15) is 0 Å². The van der Waals surface area contributed by atoms with Gasteiger partial charge in [0.2, 0.25) is 0 Å². The van der Waals surface area contributed by atoms with Gasteiger partial charge in [-0.05, 0) is 38.4 Å². The lowest BCUT2D eigenvalue weighted by molar-refractivity contribution is 0.420. The lowest BCUT2D eigenvalue weighted by atomic mass is 9.98. The van der Waals surface area contributed by atoms with Crippen LogP contribution < -0.4 is 5.32 Å². The van der Waals surface area contributed by atoms with Gasteiger partial charge in [0.15, 0.2) is 0 Å². The van der Waals surface area contributed by atoms with Crippen molar-refractivity contribution >= 4 is 11.8 Å². The summed E-state index contributed by atoms with van der Waals surface area (Å²) in [6, 6.07) is 9.45. The minimum Gasteiger partial charge on any atom is -0.316 e. The predicted octanol–water partition coefficient (Wildman–Crippen LogP) is 4.50. The molecule has 0 bridgehead atoms. The van der Waals surface area contributed by atoms with Gasteiger partial charge < -0.3 is 5.32 Å². The third kappa shape index (κ3) is 5.92. The lowest BCUT2D eigenvalue weighted by Gasteiger charge is -2.20. The van der Waals surface area contributed by atoms with Gasteiger partial charge in [0, 0.05) is 16.7 Å². The molecular formula is C16H27NS. The Bertz CT molecular complexity index is 320. The molecule has 1 rings (SSSR count). The molecule has 1 aromatic rings. The summed E-state index contributed by atoms with van der Waals surface area (Å²) >= 11 is 1.96. The maximum atomic E-state index is 3.45. The van der Waals surface area contributed by atoms with Crippen molar-refractivity contribution in [2.45, 2.75) is 51.0 Å². The van der Waals surface area contributed by atoms with E-state index in [1.165, 1.54) is 29.7 Å². The molecular weight excluding hydrogens is 238 g/mol. The summed E-state index contributed by atoms with van der Waals surface area (Å²) in [6.45, 7) is 6.77. The molecule has 0 aliphatic heterocycles. The van der Waals surface area contributed by atoms with E-state index in [0.717, 1.165) is 11.7 Å². The van der Waals surface area contributed by atoms with Crippen molar-refractivity contribution in [3.8, 4) is 0 Å². The van der Waals surface area contributed by atoms with E-state index in [9.17, 15) is 0 Å². The second kappa shape index (κ2) is 8.60. The van der Waals surface area contributed by atoms with Crippen molar-refractivity contribution in [3.05, 3.63) is 29.8 Å². The van der Waals surface area contributed by atoms with Crippen molar-refractivity contribution in [1.29, 1.82) is 0 Å². The van der Waals surface area contributed by atoms with Crippen molar-refractivity contribution in [3.63, 3.8) is 0 Å². The van der Waals surface area contributed by atoms with Crippen LogP contribution in [-0.2, 0) is 0 Å². The molecule has 0 saturated heterocycles. The highest BCUT2D eigenvalue weighted by atomic mass is 32.2. The quantitative estimate of drug-likeness (QED) is 0.694. The maximum absolute atomic E-state index is 3.45. The Kier molecular flexibility index (Phi) is 7.45. The van der Waals surface area contributed by atoms with Gasteiger partial charge in [-0.15, -0.1) is 11.8 Å². The Labute approximate surface area is 117 Å². The fourth-order valence-corrected chi connectivity index (χ4v) is 3.22. The van der Waals surface area contributed by atoms with Crippen LogP contribution in [0, 0.1) is 12.8 Å². The van der Waals surface area contributed by atoms with Gasteiger partial charge >= 0.3 is 0 Å². The van der Waals surface area contributed by atoms with E-state index in [4.69, 9.17) is 0 Å². The van der Waals surface area contributed by atoms with Gasteiger partial charge in [0.05, 0.1) is 0 Å². The lowest BCUT2D eigenvalue weighted by Crippen LogP contribution is -2.29. The number of aryl methyl sites for hydroxylation is 1. The average Bonchev–Trinajstić information content (AvgIpc) is 2.36. The zero-order chi connectivity index (χ0) is 13.4. The third-order valence-electron chi connectivity index (χ3n) is 3.35. The number of rotatable bonds is 8. The zero-order valence-electron chi connectivity index (χ0n) is 12.2. The number of nitrogens with one attached hydrogen (secondary N) is 1. The summed E-state index contributed by atoms with van der Waals surface area (Å²) in [4.78, 5) is 1.38. The van der Waals surface area contributed by atoms with Crippen LogP contribution in [0.1, 0.15) is 38.7 Å². The van der Waals surface area contributed by atoms with Crippen molar-refractivity contribution in [1.82, 2.24) is 5.32 Å². The van der Waals surface area contributed by atoms with Gasteiger partial charge in [-0.2, -0.15) is 0 Å². The van der Waals surface area contributed by atoms with E-state index < -0.39 is 0 Å². The van der Waals surface area contributed by atoms with Crippen LogP contribution in [-0.4, -0.2) is 18.8 Å². The number of thioether (sulfide) groups is 1. The Morgan fingerprint density at radius 1 is 1.22 bits per heavy atom. The normalized spacial score (nSPS) is 14.4. The molecule has 2 atom stereocenters. The molecule has 0 radical (unpaired) electrons. The Balaban J connectivity index is 2.37. The molecule has 102 valence electrons. The van der Waals surface area contributed by atoms with Gasteiger partial charge in [0.25, 0.3) is 0 Å². The van der Waals surface area contributed by atoms with Crippen molar-refractivity contribution in [2.24, 2.45) is 5.92 Å². The third-order valence-corrected chi connectivity index (χ3v) is 4.52. The first-order valence-electron chi connectivity index (χ1n) is 7.02. The molecule has 0 heterocycles. The van der Waals surface area contributed by atoms with Gasteiger partial charge in [-0.1, -0.05) is 44.4 Å². The maximum Gasteiger partial charge on any atom is 0.0161 e. The molecule has 1 aromatic carbocycles. The number of benzene rings is 1. The summed E-state index contributed by atoms with van der Waals surface area (Å²) in [6.07, 6.45) is 3.92. The second-order valence-corrected chi connectivity index (χ2v) is 6.33. The topological polar surface area (TPSA) is 12.0 Å². The van der Waals surface area contributed by atoms with E-state index in [-0.39, 0.29) is 0 Å². The van der Waals surface area contributed by atoms with Crippen LogP contribution in [0.5, 0.6) is 0 Å². The fraction of sp³-hybridized carbons (Fsp3) is 0.625. The Hall–Kier alpha value is -0.470. The molecule has 1 N–H and O–H groups in total. The number of hydrogen-bond donors (Lipinski definition) is 1. The van der Waals surface area contributed by atoms with E-state index >= 15 is 0 Å². The largest absolute Gasteiger partial charge is 0.316 e. The van der Waals surface area contributed by atoms with Gasteiger partial charge in [-0.3, -0.25) is 0 Å². The predicted molar refractivity (Wildman–Crippen MR) is 83.4 cm³/mol. The molecule has 0 fully saturated rings. The smallest absolute Gasteiger partial charge is 0.0161 e. The van der Waals surface area contributed by atoms with Gasteiger partial charge in [-0.25, -0.2) is 0 Å². The molecule has 0 aliphatic carbocycles. The summed E-state index contributed by atoms with van der Waals surface area (Å²) in [5, 5.41) is 3.45. The average molecular weight is 265 g/mol. The first kappa shape index (κ1) is 15.6. The van der Waals surface area contributed by atoms with Crippen LogP contribution in [0.4, 0.5) is 0 Å².